The summed E-state index contributed by atoms with van der Waals surface area (Å²) < 4.78 is 11.4. The molecule has 0 radical (unpaired) electrons. The van der Waals surface area contributed by atoms with E-state index in [1.165, 1.54) is 36.8 Å². The van der Waals surface area contributed by atoms with Crippen LogP contribution in [0.4, 0.5) is 17.1 Å². The first kappa shape index (κ1) is 83.4. The zero-order chi connectivity index (χ0) is 82.5. The molecule has 12 saturated heterocycles. The molecule has 12 aliphatic heterocycles. The molecule has 22 rings (SSSR count). The lowest BCUT2D eigenvalue weighted by atomic mass is 9.94. The van der Waals surface area contributed by atoms with Crippen molar-refractivity contribution in [1.29, 1.82) is 10.5 Å². The predicted molar refractivity (Wildman–Crippen MR) is 471 cm³/mol. The summed E-state index contributed by atoms with van der Waals surface area (Å²) in [5.74, 6) is 4.73. The second-order valence-corrected chi connectivity index (χ2v) is 40.2. The summed E-state index contributed by atoms with van der Waals surface area (Å²) >= 11 is 51.5. The molecule has 5 N–H and O–H groups in total. The van der Waals surface area contributed by atoms with Gasteiger partial charge in [-0.2, -0.15) is 10.5 Å². The van der Waals surface area contributed by atoms with Crippen LogP contribution in [-0.4, -0.2) is 180 Å². The summed E-state index contributed by atoms with van der Waals surface area (Å²) in [4.78, 5) is 67.7. The zero-order valence-corrected chi connectivity index (χ0v) is 74.0. The Kier molecular flexibility index (Phi) is 24.4. The topological polar surface area (TPSA) is 217 Å². The van der Waals surface area contributed by atoms with Gasteiger partial charge in [-0.3, -0.25) is 29.0 Å². The molecule has 4 saturated carbocycles. The Labute approximate surface area is 744 Å². The quantitative estimate of drug-likeness (QED) is 0.0537. The largest absolute Gasteiger partial charge is 0.497 e. The second-order valence-electron chi connectivity index (χ2n) is 35.8. The highest BCUT2D eigenvalue weighted by atomic mass is 79.9. The smallest absolute Gasteiger partial charge is 0.225 e. The molecule has 29 heteroatoms. The molecule has 4 aliphatic carbocycles. The van der Waals surface area contributed by atoms with Gasteiger partial charge < -0.3 is 60.6 Å². The maximum Gasteiger partial charge on any atom is 0.225 e. The molecular formula is C90H99BrCl8N14O6. The monoisotopic (exact) mass is 1830 g/mol. The third kappa shape index (κ3) is 17.7. The van der Waals surface area contributed by atoms with Gasteiger partial charge in [-0.15, -0.1) is 0 Å². The van der Waals surface area contributed by atoms with Gasteiger partial charge in [0.15, 0.2) is 12.4 Å². The van der Waals surface area contributed by atoms with Gasteiger partial charge in [-0.05, 0) is 235 Å². The van der Waals surface area contributed by atoms with Crippen LogP contribution >= 0.6 is 109 Å². The fourth-order valence-corrected chi connectivity index (χ4v) is 25.9. The standard InChI is InChI=1S/C26H29Cl2N3O2.C20H27N3O2.2C19H20Cl2N4O.C6H3BrCl2/c1-33-20-5-2-15(3-6-20)13-30-18-4-7-24(30)23(11-18)29-26(32)22-14-31(25-12-21(22)25)19-9-16(27)8-17(28)10-19;1-25-14-5-2-12(3-6-14)11-23-13-4-7-19(23)18(8-13)22-20(24)16-10-21-17-9-15(16)17;2*20-10-3-11(21)5-13(4-10)24-8-15(14-7-18(14)24)19(26)23-16-6-12-1-2-17(16)25(12)9-22;7-4-1-5(8)3-6(9)2-4/h2-3,5-6,8-10,18,21-25H,4,7,11-14H2,1H3,(H,29,32);2-3,5-6,13,15-19,21H,4,7-11H2,1H3,(H,22,24);2*3-5,12,14-18H,1-2,6-8H2,(H,23,26);1-3H/t18-,21?,22?,23+,24+,25?;13-,15?,16?,17?,18+,19+;12-,14+,15-,16+,17+,18+;12-,14-,15+,16+,17+,18-;/m0000./s1. The number of ether oxygens (including phenoxy) is 2. The molecule has 8 bridgehead atoms. The number of carbonyl (C=O) groups excluding carboxylic acids is 4. The lowest BCUT2D eigenvalue weighted by molar-refractivity contribution is -0.126. The molecule has 4 amide bonds. The van der Waals surface area contributed by atoms with Gasteiger partial charge in [0, 0.05) is 173 Å². The van der Waals surface area contributed by atoms with Crippen LogP contribution in [0.2, 0.25) is 40.2 Å². The molecule has 24 atom stereocenters. The number of amides is 4. The Balaban J connectivity index is 0.000000106. The summed E-state index contributed by atoms with van der Waals surface area (Å²) in [5, 5.41) is 40.5. The summed E-state index contributed by atoms with van der Waals surface area (Å²) in [7, 11) is 3.40. The minimum atomic E-state index is 0.00687. The first-order valence-corrected chi connectivity index (χ1v) is 46.2. The van der Waals surface area contributed by atoms with Crippen molar-refractivity contribution in [2.75, 3.05) is 55.1 Å². The van der Waals surface area contributed by atoms with Crippen molar-refractivity contribution in [2.45, 2.75) is 212 Å². The van der Waals surface area contributed by atoms with E-state index in [4.69, 9.17) is 102 Å². The van der Waals surface area contributed by atoms with Gasteiger partial charge in [-0.25, -0.2) is 0 Å². The van der Waals surface area contributed by atoms with E-state index < -0.39 is 0 Å². The number of rotatable bonds is 17. The Bertz CT molecular complexity index is 4670. The molecule has 119 heavy (non-hydrogen) atoms. The normalized spacial score (nSPS) is 33.8. The lowest BCUT2D eigenvalue weighted by Gasteiger charge is -2.27. The summed E-state index contributed by atoms with van der Waals surface area (Å²) in [6.45, 7) is 4.94. The van der Waals surface area contributed by atoms with E-state index in [2.05, 4.69) is 104 Å². The van der Waals surface area contributed by atoms with Crippen LogP contribution in [0.25, 0.3) is 0 Å². The van der Waals surface area contributed by atoms with Crippen LogP contribution in [0.15, 0.2) is 126 Å². The maximum atomic E-state index is 13.3. The van der Waals surface area contributed by atoms with Gasteiger partial charge in [0.05, 0.1) is 62.1 Å². The Hall–Kier alpha value is -6.54. The molecule has 6 aromatic carbocycles. The number of nitrogens with one attached hydrogen (secondary N) is 5. The summed E-state index contributed by atoms with van der Waals surface area (Å²) in [6, 6.07) is 44.6. The minimum absolute atomic E-state index is 0.00687. The molecule has 20 nitrogen and oxygen atoms in total. The lowest BCUT2D eigenvalue weighted by Crippen LogP contribution is -2.47. The Morgan fingerprint density at radius 2 is 0.706 bits per heavy atom. The number of carbonyl (C=O) groups is 4. The van der Waals surface area contributed by atoms with Gasteiger partial charge in [0.25, 0.3) is 0 Å². The van der Waals surface area contributed by atoms with Crippen molar-refractivity contribution in [1.82, 2.24) is 46.2 Å². The number of halogens is 9. The van der Waals surface area contributed by atoms with Crippen LogP contribution in [0.3, 0.4) is 0 Å². The first-order valence-electron chi connectivity index (χ1n) is 42.4. The number of hydrogen-bond acceptors (Lipinski definition) is 16. The minimum Gasteiger partial charge on any atom is -0.497 e. The molecule has 0 spiro atoms. The van der Waals surface area contributed by atoms with Crippen molar-refractivity contribution < 1.29 is 28.7 Å². The van der Waals surface area contributed by atoms with Crippen LogP contribution in [0.1, 0.15) is 114 Å². The third-order valence-electron chi connectivity index (χ3n) is 29.0. The van der Waals surface area contributed by atoms with Crippen LogP contribution in [0, 0.1) is 70.3 Å². The molecule has 6 aromatic rings. The fraction of sp³-hybridized carbons (Fsp3) is 0.533. The summed E-state index contributed by atoms with van der Waals surface area (Å²) in [6.07, 6.45) is 22.0. The van der Waals surface area contributed by atoms with E-state index in [0.29, 0.717) is 149 Å². The molecule has 12 heterocycles. The van der Waals surface area contributed by atoms with Gasteiger partial charge in [0.1, 0.15) is 11.5 Å². The maximum absolute atomic E-state index is 13.3. The number of piperidine rings is 4. The SMILES string of the molecule is COc1ccc(CN2[C@H]3CC[C@@H]2[C@H](NC(=O)C2CN(c4cc(Cl)cc(Cl)c4)C4CC24)C3)cc1.COc1ccc(CN2[C@H]3CC[C@@H]2[C@H](NC(=O)C2CNC4CC42)C3)cc1.Clc1cc(Cl)cc(Br)c1.N#CN1[C@H]2CC[C@@H]1[C@H](NC(=O)[C@@H]1CN(c3cc(Cl)cc(Cl)c3)[C@H]3C[C@@H]13)C2.N#CN1[C@H]2CC[C@@H]1[C@H](NC(=O)[C@H]1CN(c3cc(Cl)cc(Cl)c3)[C@@H]3C[C@H]13)C2. The van der Waals surface area contributed by atoms with Crippen molar-refractivity contribution in [2.24, 2.45) is 47.3 Å². The number of hydrogen-bond donors (Lipinski definition) is 5. The fourth-order valence-electron chi connectivity index (χ4n) is 23.0. The Morgan fingerprint density at radius 3 is 1.01 bits per heavy atom. The van der Waals surface area contributed by atoms with Crippen molar-refractivity contribution in [3.05, 3.63) is 177 Å². The number of nitrogens with zero attached hydrogens (tertiary/aromatic N) is 9. The number of anilines is 3. The van der Waals surface area contributed by atoms with Crippen molar-refractivity contribution in [3.8, 4) is 23.9 Å². The average molecular weight is 1840 g/mol. The molecule has 628 valence electrons. The van der Waals surface area contributed by atoms with Gasteiger partial charge in [0.2, 0.25) is 23.6 Å². The molecule has 6 unspecified atom stereocenters. The third-order valence-corrected chi connectivity index (χ3v) is 31.2. The van der Waals surface area contributed by atoms with Crippen LogP contribution < -0.4 is 50.8 Å². The molecule has 16 fully saturated rings. The predicted octanol–water partition coefficient (Wildman–Crippen LogP) is 16.1. The molecule has 0 aromatic heterocycles. The van der Waals surface area contributed by atoms with Crippen molar-refractivity contribution >= 4 is 149 Å². The zero-order valence-electron chi connectivity index (χ0n) is 66.3. The second kappa shape index (κ2) is 34.9. The number of fused-ring (bicyclic) bond motifs is 12. The number of nitriles is 2. The van der Waals surface area contributed by atoms with Gasteiger partial charge >= 0.3 is 0 Å². The van der Waals surface area contributed by atoms with Crippen LogP contribution in [0.5, 0.6) is 11.5 Å². The van der Waals surface area contributed by atoms with Gasteiger partial charge in [-0.1, -0.05) is 133 Å². The van der Waals surface area contributed by atoms with E-state index >= 15 is 0 Å². The highest BCUT2D eigenvalue weighted by Crippen LogP contribution is 2.55. The van der Waals surface area contributed by atoms with E-state index in [1.54, 1.807) is 50.6 Å². The van der Waals surface area contributed by atoms with E-state index in [-0.39, 0.29) is 71.6 Å². The number of methoxy groups -OCH3 is 2. The average Bonchev–Trinajstić information content (AvgIpc) is 1.58. The Morgan fingerprint density at radius 1 is 0.395 bits per heavy atom. The van der Waals surface area contributed by atoms with E-state index in [0.717, 1.165) is 136 Å². The first-order chi connectivity index (χ1) is 57.5. The highest BCUT2D eigenvalue weighted by molar-refractivity contribution is 9.10. The van der Waals surface area contributed by atoms with Crippen molar-refractivity contribution in [3.63, 3.8) is 0 Å². The summed E-state index contributed by atoms with van der Waals surface area (Å²) in [5.41, 5.74) is 5.65. The van der Waals surface area contributed by atoms with E-state index in [9.17, 15) is 29.7 Å². The van der Waals surface area contributed by atoms with E-state index in [1.807, 2.05) is 70.5 Å². The molecular weight excluding hydrogens is 1740 g/mol. The molecule has 16 aliphatic rings. The van der Waals surface area contributed by atoms with Crippen LogP contribution in [-0.2, 0) is 32.3 Å². The highest BCUT2D eigenvalue weighted by Gasteiger charge is 2.61. The number of benzene rings is 6.